The van der Waals surface area contributed by atoms with E-state index >= 15 is 0 Å². The fourth-order valence-electron chi connectivity index (χ4n) is 3.09. The molecule has 1 N–H and O–H groups in total. The predicted molar refractivity (Wildman–Crippen MR) is 109 cm³/mol. The first kappa shape index (κ1) is 19.3. The molecule has 6 nitrogen and oxygen atoms in total. The molecular weight excluding hydrogens is 352 g/mol. The monoisotopic (exact) mass is 376 g/mol. The van der Waals surface area contributed by atoms with E-state index in [1.165, 1.54) is 5.69 Å². The average Bonchev–Trinajstić information content (AvgIpc) is 2.77. The van der Waals surface area contributed by atoms with Crippen LogP contribution in [0.2, 0.25) is 0 Å². The summed E-state index contributed by atoms with van der Waals surface area (Å²) in [6, 6.07) is 19.7. The Bertz CT molecular complexity index is 848. The fraction of sp³-hybridized carbons (Fsp3) is 0.273. The van der Waals surface area contributed by atoms with Crippen LogP contribution in [0.4, 0.5) is 5.69 Å². The highest BCUT2D eigenvalue weighted by Gasteiger charge is 2.17. The van der Waals surface area contributed by atoms with Crippen LogP contribution in [0, 0.1) is 11.3 Å². The fourth-order valence-corrected chi connectivity index (χ4v) is 3.09. The molecule has 28 heavy (non-hydrogen) atoms. The summed E-state index contributed by atoms with van der Waals surface area (Å²) in [6.45, 7) is 3.61. The van der Waals surface area contributed by atoms with Crippen molar-refractivity contribution in [2.75, 3.05) is 38.2 Å². The summed E-state index contributed by atoms with van der Waals surface area (Å²) in [7, 11) is 1.61. The summed E-state index contributed by atoms with van der Waals surface area (Å²) >= 11 is 0. The molecule has 0 spiro atoms. The zero-order valence-electron chi connectivity index (χ0n) is 16.0. The maximum absolute atomic E-state index is 12.4. The van der Waals surface area contributed by atoms with Crippen molar-refractivity contribution in [3.8, 4) is 11.8 Å². The first-order valence-electron chi connectivity index (χ1n) is 9.26. The van der Waals surface area contributed by atoms with E-state index in [2.05, 4.69) is 22.3 Å². The summed E-state index contributed by atoms with van der Waals surface area (Å²) in [5, 5.41) is 12.2. The Morgan fingerprint density at radius 1 is 1.11 bits per heavy atom. The van der Waals surface area contributed by atoms with Crippen molar-refractivity contribution in [1.29, 1.82) is 5.26 Å². The van der Waals surface area contributed by atoms with Gasteiger partial charge >= 0.3 is 0 Å². The number of methoxy groups -OCH3 is 1. The van der Waals surface area contributed by atoms with Crippen LogP contribution in [0.3, 0.4) is 0 Å². The Hall–Kier alpha value is -3.46. The summed E-state index contributed by atoms with van der Waals surface area (Å²) < 4.78 is 5.12. The highest BCUT2D eigenvalue weighted by atomic mass is 16.5. The molecule has 0 atom stereocenters. The second kappa shape index (κ2) is 9.47. The molecule has 1 fully saturated rings. The molecule has 0 aromatic heterocycles. The van der Waals surface area contributed by atoms with Gasteiger partial charge in [0, 0.05) is 44.6 Å². The topological polar surface area (TPSA) is 68.6 Å². The third-order valence-corrected chi connectivity index (χ3v) is 4.72. The van der Waals surface area contributed by atoms with E-state index in [0.29, 0.717) is 6.54 Å². The third-order valence-electron chi connectivity index (χ3n) is 4.72. The molecule has 0 unspecified atom stereocenters. The van der Waals surface area contributed by atoms with Crippen molar-refractivity contribution >= 4 is 11.6 Å². The number of ether oxygens (including phenoxy) is 1. The van der Waals surface area contributed by atoms with Crippen LogP contribution in [0.5, 0.6) is 5.75 Å². The number of carbonyl (C=O) groups is 1. The lowest BCUT2D eigenvalue weighted by Gasteiger charge is -2.35. The van der Waals surface area contributed by atoms with E-state index in [0.717, 1.165) is 37.5 Å². The Morgan fingerprint density at radius 2 is 1.79 bits per heavy atom. The quantitative estimate of drug-likeness (QED) is 0.620. The van der Waals surface area contributed by atoms with Crippen molar-refractivity contribution in [3.05, 3.63) is 71.9 Å². The van der Waals surface area contributed by atoms with Gasteiger partial charge in [-0.1, -0.05) is 30.3 Å². The number of benzene rings is 2. The van der Waals surface area contributed by atoms with Crippen molar-refractivity contribution in [2.45, 2.75) is 6.54 Å². The Labute approximate surface area is 165 Å². The highest BCUT2D eigenvalue weighted by molar-refractivity contribution is 5.97. The van der Waals surface area contributed by atoms with Gasteiger partial charge in [0.15, 0.2) is 0 Å². The van der Waals surface area contributed by atoms with E-state index < -0.39 is 0 Å². The summed E-state index contributed by atoms with van der Waals surface area (Å²) in [4.78, 5) is 16.7. The van der Waals surface area contributed by atoms with Crippen LogP contribution in [0.25, 0.3) is 0 Å². The zero-order valence-corrected chi connectivity index (χ0v) is 16.0. The molecule has 1 heterocycles. The molecule has 2 aromatic carbocycles. The largest absolute Gasteiger partial charge is 0.497 e. The second-order valence-electron chi connectivity index (χ2n) is 6.54. The standard InChI is InChI=1S/C22H24N4O2/c1-28-21-9-7-18(8-10-21)16-24-22(27)19(15-23)17-25-11-13-26(14-12-25)20-5-3-2-4-6-20/h2-10,17H,11-14,16H2,1H3,(H,24,27)/b19-17+. The molecular formula is C22H24N4O2. The normalized spacial score (nSPS) is 14.4. The SMILES string of the molecule is COc1ccc(CNC(=O)/C(C#N)=C/N2CCN(c3ccccc3)CC2)cc1. The van der Waals surface area contributed by atoms with Gasteiger partial charge in [0.1, 0.15) is 17.4 Å². The van der Waals surface area contributed by atoms with Gasteiger partial charge in [0.05, 0.1) is 7.11 Å². The molecule has 1 amide bonds. The molecule has 3 rings (SSSR count). The Kier molecular flexibility index (Phi) is 6.53. The highest BCUT2D eigenvalue weighted by Crippen LogP contribution is 2.16. The Morgan fingerprint density at radius 3 is 2.39 bits per heavy atom. The van der Waals surface area contributed by atoms with E-state index in [1.54, 1.807) is 13.3 Å². The molecule has 0 saturated carbocycles. The number of rotatable bonds is 6. The number of nitrogens with one attached hydrogen (secondary N) is 1. The molecule has 0 radical (unpaired) electrons. The van der Waals surface area contributed by atoms with E-state index in [9.17, 15) is 10.1 Å². The number of anilines is 1. The number of para-hydroxylation sites is 1. The van der Waals surface area contributed by atoms with Gasteiger partial charge in [0.2, 0.25) is 0 Å². The van der Waals surface area contributed by atoms with Crippen LogP contribution in [0.1, 0.15) is 5.56 Å². The molecule has 0 bridgehead atoms. The van der Waals surface area contributed by atoms with Crippen LogP contribution >= 0.6 is 0 Å². The van der Waals surface area contributed by atoms with Gasteiger partial charge in [-0.15, -0.1) is 0 Å². The van der Waals surface area contributed by atoms with Crippen molar-refractivity contribution < 1.29 is 9.53 Å². The third kappa shape index (κ3) is 5.04. The summed E-state index contributed by atoms with van der Waals surface area (Å²) in [5.41, 5.74) is 2.27. The van der Waals surface area contributed by atoms with Gasteiger partial charge in [-0.3, -0.25) is 4.79 Å². The first-order valence-corrected chi connectivity index (χ1v) is 9.26. The van der Waals surface area contributed by atoms with E-state index in [4.69, 9.17) is 4.74 Å². The van der Waals surface area contributed by atoms with Crippen LogP contribution in [-0.4, -0.2) is 44.1 Å². The number of amides is 1. The maximum Gasteiger partial charge on any atom is 0.263 e. The lowest BCUT2D eigenvalue weighted by molar-refractivity contribution is -0.117. The van der Waals surface area contributed by atoms with Gasteiger partial charge in [0.25, 0.3) is 5.91 Å². The molecule has 144 valence electrons. The molecule has 0 aliphatic carbocycles. The van der Waals surface area contributed by atoms with Gasteiger partial charge in [-0.05, 0) is 29.8 Å². The van der Waals surface area contributed by atoms with E-state index in [-0.39, 0.29) is 11.5 Å². The number of hydrogen-bond donors (Lipinski definition) is 1. The summed E-state index contributed by atoms with van der Waals surface area (Å²) in [6.07, 6.45) is 1.67. The molecule has 1 saturated heterocycles. The smallest absolute Gasteiger partial charge is 0.263 e. The molecule has 2 aromatic rings. The minimum atomic E-state index is -0.358. The maximum atomic E-state index is 12.4. The van der Waals surface area contributed by atoms with Gasteiger partial charge in [-0.2, -0.15) is 5.26 Å². The van der Waals surface area contributed by atoms with Crippen molar-refractivity contribution in [2.24, 2.45) is 0 Å². The molecule has 6 heteroatoms. The van der Waals surface area contributed by atoms with Crippen LogP contribution < -0.4 is 15.0 Å². The number of nitrogens with zero attached hydrogens (tertiary/aromatic N) is 3. The predicted octanol–water partition coefficient (Wildman–Crippen LogP) is 2.54. The lowest BCUT2D eigenvalue weighted by Crippen LogP contribution is -2.44. The van der Waals surface area contributed by atoms with Gasteiger partial charge < -0.3 is 19.9 Å². The van der Waals surface area contributed by atoms with Crippen LogP contribution in [0.15, 0.2) is 66.4 Å². The van der Waals surface area contributed by atoms with Crippen molar-refractivity contribution in [1.82, 2.24) is 10.2 Å². The second-order valence-corrected chi connectivity index (χ2v) is 6.54. The minimum Gasteiger partial charge on any atom is -0.497 e. The van der Waals surface area contributed by atoms with Gasteiger partial charge in [-0.25, -0.2) is 0 Å². The first-order chi connectivity index (χ1) is 13.7. The van der Waals surface area contributed by atoms with E-state index in [1.807, 2.05) is 53.4 Å². The number of nitriles is 1. The number of piperazine rings is 1. The summed E-state index contributed by atoms with van der Waals surface area (Å²) in [5.74, 6) is 0.408. The van der Waals surface area contributed by atoms with Crippen molar-refractivity contribution in [3.63, 3.8) is 0 Å². The average molecular weight is 376 g/mol. The lowest BCUT2D eigenvalue weighted by atomic mass is 10.2. The number of carbonyl (C=O) groups excluding carboxylic acids is 1. The minimum absolute atomic E-state index is 0.127. The van der Waals surface area contributed by atoms with Crippen LogP contribution in [-0.2, 0) is 11.3 Å². The molecule has 1 aliphatic rings. The zero-order chi connectivity index (χ0) is 19.8. The molecule has 1 aliphatic heterocycles. The Balaban J connectivity index is 1.53. The number of hydrogen-bond acceptors (Lipinski definition) is 5.